The number of hydrogen-bond acceptors (Lipinski definition) is 8. The fourth-order valence-corrected chi connectivity index (χ4v) is 3.48. The first-order valence-electron chi connectivity index (χ1n) is 10.6. The Morgan fingerprint density at radius 1 is 0.970 bits per heavy atom. The highest BCUT2D eigenvalue weighted by molar-refractivity contribution is 5.96. The number of aliphatic carboxylic acids is 2. The number of likely N-dealkylation sites (tertiary alicyclic amines) is 1. The van der Waals surface area contributed by atoms with E-state index in [-0.39, 0.29) is 19.4 Å². The molecule has 0 aromatic heterocycles. The smallest absolute Gasteiger partial charge is 0.326 e. The molecule has 0 bridgehead atoms. The van der Waals surface area contributed by atoms with Crippen molar-refractivity contribution in [2.45, 2.75) is 69.1 Å². The maximum absolute atomic E-state index is 12.9. The third-order valence-corrected chi connectivity index (χ3v) is 5.15. The van der Waals surface area contributed by atoms with Crippen LogP contribution in [0.2, 0.25) is 0 Å². The number of amides is 4. The molecule has 1 rings (SSSR count). The van der Waals surface area contributed by atoms with Gasteiger partial charge in [-0.1, -0.05) is 0 Å². The average molecular weight is 472 g/mol. The SMILES string of the molecule is NCCCCC(NC(=O)C(N)CC(N)=O)C(=O)NC(CC(=O)O)C(=O)N1CCCC1C(=O)O. The van der Waals surface area contributed by atoms with Gasteiger partial charge in [0.25, 0.3) is 0 Å². The first-order chi connectivity index (χ1) is 15.5. The van der Waals surface area contributed by atoms with Crippen LogP contribution >= 0.6 is 0 Å². The molecule has 14 heteroatoms. The molecule has 4 atom stereocenters. The van der Waals surface area contributed by atoms with Crippen LogP contribution in [0.15, 0.2) is 0 Å². The lowest BCUT2D eigenvalue weighted by Crippen LogP contribution is -2.57. The molecule has 14 nitrogen and oxygen atoms in total. The summed E-state index contributed by atoms with van der Waals surface area (Å²) in [6, 6.07) is -5.15. The van der Waals surface area contributed by atoms with Crippen molar-refractivity contribution in [3.05, 3.63) is 0 Å². The van der Waals surface area contributed by atoms with Crippen LogP contribution < -0.4 is 27.8 Å². The van der Waals surface area contributed by atoms with Crippen LogP contribution in [-0.2, 0) is 28.8 Å². The van der Waals surface area contributed by atoms with Gasteiger partial charge in [-0.25, -0.2) is 4.79 Å². The maximum atomic E-state index is 12.9. The number of carboxylic acid groups (broad SMARTS) is 2. The maximum Gasteiger partial charge on any atom is 0.326 e. The van der Waals surface area contributed by atoms with Crippen LogP contribution in [0.3, 0.4) is 0 Å². The molecule has 0 aromatic carbocycles. The van der Waals surface area contributed by atoms with Crippen LogP contribution in [0, 0.1) is 0 Å². The summed E-state index contributed by atoms with van der Waals surface area (Å²) in [6.45, 7) is 0.440. The highest BCUT2D eigenvalue weighted by Gasteiger charge is 2.39. The Morgan fingerprint density at radius 2 is 1.61 bits per heavy atom. The van der Waals surface area contributed by atoms with Gasteiger partial charge in [0.15, 0.2) is 0 Å². The Hall–Kier alpha value is -3.26. The van der Waals surface area contributed by atoms with E-state index in [0.717, 1.165) is 4.90 Å². The molecule has 0 radical (unpaired) electrons. The van der Waals surface area contributed by atoms with Gasteiger partial charge in [0.05, 0.1) is 18.9 Å². The molecular formula is C19H32N6O8. The molecule has 0 aliphatic carbocycles. The number of carboxylic acids is 2. The molecule has 1 heterocycles. The van der Waals surface area contributed by atoms with Crippen molar-refractivity contribution in [3.8, 4) is 0 Å². The summed E-state index contributed by atoms with van der Waals surface area (Å²) in [5, 5.41) is 23.2. The van der Waals surface area contributed by atoms with Gasteiger partial charge in [-0.3, -0.25) is 24.0 Å². The Balaban J connectivity index is 2.99. The van der Waals surface area contributed by atoms with E-state index in [1.54, 1.807) is 0 Å². The van der Waals surface area contributed by atoms with Crippen LogP contribution in [0.5, 0.6) is 0 Å². The van der Waals surface area contributed by atoms with Gasteiger partial charge in [0.2, 0.25) is 23.6 Å². The van der Waals surface area contributed by atoms with Gasteiger partial charge < -0.3 is 42.9 Å². The molecule has 0 spiro atoms. The summed E-state index contributed by atoms with van der Waals surface area (Å²) < 4.78 is 0. The average Bonchev–Trinajstić information content (AvgIpc) is 3.21. The molecule has 186 valence electrons. The summed E-state index contributed by atoms with van der Waals surface area (Å²) in [5.41, 5.74) is 16.1. The zero-order valence-corrected chi connectivity index (χ0v) is 18.2. The second-order valence-corrected chi connectivity index (χ2v) is 7.81. The van der Waals surface area contributed by atoms with Gasteiger partial charge in [-0.05, 0) is 38.6 Å². The standard InChI is InChI=1S/C19H32N6O8/c20-6-2-1-4-11(23-16(29)10(21)8-14(22)26)17(30)24-12(9-15(27)28)18(31)25-7-3-5-13(25)19(32)33/h10-13H,1-9,20-21H2,(H2,22,26)(H,23,29)(H,24,30)(H,27,28)(H,32,33). The summed E-state index contributed by atoms with van der Waals surface area (Å²) >= 11 is 0. The molecule has 1 aliphatic heterocycles. The second-order valence-electron chi connectivity index (χ2n) is 7.81. The molecule has 1 fully saturated rings. The van der Waals surface area contributed by atoms with Crippen molar-refractivity contribution < 1.29 is 39.0 Å². The normalized spacial score (nSPS) is 18.1. The largest absolute Gasteiger partial charge is 0.481 e. The van der Waals surface area contributed by atoms with Crippen molar-refractivity contribution in [1.29, 1.82) is 0 Å². The summed E-state index contributed by atoms with van der Waals surface area (Å²) in [5.74, 6) is -5.94. The first-order valence-corrected chi connectivity index (χ1v) is 10.6. The predicted octanol–water partition coefficient (Wildman–Crippen LogP) is -3.16. The zero-order chi connectivity index (χ0) is 25.1. The van der Waals surface area contributed by atoms with Crippen molar-refractivity contribution in [3.63, 3.8) is 0 Å². The Morgan fingerprint density at radius 3 is 2.15 bits per heavy atom. The van der Waals surface area contributed by atoms with Crippen LogP contribution in [0.4, 0.5) is 0 Å². The van der Waals surface area contributed by atoms with E-state index in [2.05, 4.69) is 10.6 Å². The number of unbranched alkanes of at least 4 members (excludes halogenated alkanes) is 1. The third-order valence-electron chi connectivity index (χ3n) is 5.15. The van der Waals surface area contributed by atoms with E-state index in [0.29, 0.717) is 25.8 Å². The van der Waals surface area contributed by atoms with Crippen molar-refractivity contribution in [2.75, 3.05) is 13.1 Å². The fourth-order valence-electron chi connectivity index (χ4n) is 3.48. The molecule has 1 aliphatic rings. The minimum Gasteiger partial charge on any atom is -0.481 e. The molecule has 0 saturated carbocycles. The number of rotatable bonds is 14. The minimum atomic E-state index is -1.54. The molecule has 1 saturated heterocycles. The van der Waals surface area contributed by atoms with Gasteiger partial charge in [-0.2, -0.15) is 0 Å². The van der Waals surface area contributed by atoms with Gasteiger partial charge >= 0.3 is 11.9 Å². The number of nitrogens with one attached hydrogen (secondary N) is 2. The molecule has 0 aromatic rings. The Kier molecular flexibility index (Phi) is 11.2. The van der Waals surface area contributed by atoms with Crippen molar-refractivity contribution >= 4 is 35.6 Å². The van der Waals surface area contributed by atoms with E-state index in [1.165, 1.54) is 0 Å². The minimum absolute atomic E-state index is 0.105. The second kappa shape index (κ2) is 13.3. The quantitative estimate of drug-likeness (QED) is 0.125. The summed E-state index contributed by atoms with van der Waals surface area (Å²) in [4.78, 5) is 72.7. The van der Waals surface area contributed by atoms with Gasteiger partial charge in [0.1, 0.15) is 18.1 Å². The van der Waals surface area contributed by atoms with Crippen molar-refractivity contribution in [1.82, 2.24) is 15.5 Å². The van der Waals surface area contributed by atoms with E-state index in [1.807, 2.05) is 0 Å². The number of carbonyl (C=O) groups excluding carboxylic acids is 4. The number of nitrogens with two attached hydrogens (primary N) is 3. The highest BCUT2D eigenvalue weighted by atomic mass is 16.4. The molecule has 4 unspecified atom stereocenters. The zero-order valence-electron chi connectivity index (χ0n) is 18.2. The predicted molar refractivity (Wildman–Crippen MR) is 113 cm³/mol. The van der Waals surface area contributed by atoms with Crippen LogP contribution in [0.25, 0.3) is 0 Å². The molecule has 10 N–H and O–H groups in total. The van der Waals surface area contributed by atoms with Gasteiger partial charge in [-0.15, -0.1) is 0 Å². The number of carbonyl (C=O) groups is 6. The molecule has 33 heavy (non-hydrogen) atoms. The molecular weight excluding hydrogens is 440 g/mol. The molecule has 4 amide bonds. The van der Waals surface area contributed by atoms with E-state index in [9.17, 15) is 39.0 Å². The number of primary amides is 1. The van der Waals surface area contributed by atoms with Crippen molar-refractivity contribution in [2.24, 2.45) is 17.2 Å². The highest BCUT2D eigenvalue weighted by Crippen LogP contribution is 2.19. The summed E-state index contributed by atoms with van der Waals surface area (Å²) in [6.07, 6.45) is 0.458. The number of nitrogens with zero attached hydrogens (tertiary/aromatic N) is 1. The number of hydrogen-bond donors (Lipinski definition) is 7. The lowest BCUT2D eigenvalue weighted by atomic mass is 10.1. The lowest BCUT2D eigenvalue weighted by molar-refractivity contribution is -0.150. The third kappa shape index (κ3) is 9.02. The van der Waals surface area contributed by atoms with E-state index >= 15 is 0 Å². The first kappa shape index (κ1) is 27.8. The summed E-state index contributed by atoms with van der Waals surface area (Å²) in [7, 11) is 0. The Bertz CT molecular complexity index is 761. The Labute approximate surface area is 190 Å². The van der Waals surface area contributed by atoms with E-state index in [4.69, 9.17) is 17.2 Å². The fraction of sp³-hybridized carbons (Fsp3) is 0.684. The van der Waals surface area contributed by atoms with E-state index < -0.39 is 72.6 Å². The van der Waals surface area contributed by atoms with Crippen LogP contribution in [0.1, 0.15) is 44.9 Å². The monoisotopic (exact) mass is 472 g/mol. The van der Waals surface area contributed by atoms with Gasteiger partial charge in [0, 0.05) is 6.54 Å². The lowest BCUT2D eigenvalue weighted by Gasteiger charge is -2.28. The van der Waals surface area contributed by atoms with Crippen LogP contribution in [-0.4, -0.2) is 87.9 Å². The topological polar surface area (TPSA) is 248 Å².